The van der Waals surface area contributed by atoms with Crippen LogP contribution in [-0.2, 0) is 10.2 Å². The number of aryl methyl sites for hydroxylation is 1. The summed E-state index contributed by atoms with van der Waals surface area (Å²) in [5.41, 5.74) is 2.32. The van der Waals surface area contributed by atoms with Crippen molar-refractivity contribution in [3.8, 4) is 17.3 Å². The maximum absolute atomic E-state index is 12.7. The Balaban J connectivity index is 1.65. The number of aromatic nitrogens is 3. The van der Waals surface area contributed by atoms with Gasteiger partial charge < -0.3 is 19.2 Å². The molecule has 2 unspecified atom stereocenters. The highest BCUT2D eigenvalue weighted by molar-refractivity contribution is 5.89. The molecule has 0 saturated carbocycles. The third-order valence-electron chi connectivity index (χ3n) is 5.94. The number of anilines is 1. The van der Waals surface area contributed by atoms with Crippen molar-refractivity contribution in [3.63, 3.8) is 0 Å². The molecule has 1 N–H and O–H groups in total. The van der Waals surface area contributed by atoms with Gasteiger partial charge in [0.15, 0.2) is 6.61 Å². The van der Waals surface area contributed by atoms with Crippen LogP contribution >= 0.6 is 0 Å². The summed E-state index contributed by atoms with van der Waals surface area (Å²) in [6.45, 7) is 9.90. The molecular weight excluding hydrogens is 449 g/mol. The van der Waals surface area contributed by atoms with Gasteiger partial charge in [0.05, 0.1) is 11.6 Å². The minimum absolute atomic E-state index is 0.0968. The lowest BCUT2D eigenvalue weighted by Gasteiger charge is -2.23. The summed E-state index contributed by atoms with van der Waals surface area (Å²) >= 11 is 0. The van der Waals surface area contributed by atoms with E-state index in [9.17, 15) is 13.2 Å². The standard InChI is InChI=1S/C24H29F3N4O3/c1-13-6-7-32-19(13)11-28-22-31-30-21(34-22)18-8-14(2)16-9-15(33-12-24(25,26)27)10-17(20(16)29-18)23(3,4)5/h8-10,13,19H,6-7,11-12H2,1-5H3,(H,28,31). The van der Waals surface area contributed by atoms with Crippen molar-refractivity contribution in [1.82, 2.24) is 15.2 Å². The number of rotatable bonds is 6. The van der Waals surface area contributed by atoms with Gasteiger partial charge in [0.1, 0.15) is 11.4 Å². The van der Waals surface area contributed by atoms with Crippen molar-refractivity contribution in [2.45, 2.75) is 58.7 Å². The van der Waals surface area contributed by atoms with Crippen LogP contribution in [0, 0.1) is 12.8 Å². The Morgan fingerprint density at radius 2 is 1.91 bits per heavy atom. The highest BCUT2D eigenvalue weighted by Crippen LogP contribution is 2.36. The first-order valence-electron chi connectivity index (χ1n) is 11.3. The first-order chi connectivity index (χ1) is 15.9. The zero-order valence-electron chi connectivity index (χ0n) is 19.9. The van der Waals surface area contributed by atoms with Crippen molar-refractivity contribution in [3.05, 3.63) is 29.3 Å². The minimum Gasteiger partial charge on any atom is -0.484 e. The molecule has 4 rings (SSSR count). The fourth-order valence-corrected chi connectivity index (χ4v) is 4.00. The highest BCUT2D eigenvalue weighted by atomic mass is 19.4. The Labute approximate surface area is 196 Å². The summed E-state index contributed by atoms with van der Waals surface area (Å²) in [4.78, 5) is 4.76. The summed E-state index contributed by atoms with van der Waals surface area (Å²) in [7, 11) is 0. The summed E-state index contributed by atoms with van der Waals surface area (Å²) in [6.07, 6.45) is -3.29. The van der Waals surface area contributed by atoms with E-state index in [4.69, 9.17) is 18.9 Å². The maximum atomic E-state index is 12.7. The van der Waals surface area contributed by atoms with E-state index in [2.05, 4.69) is 22.4 Å². The van der Waals surface area contributed by atoms with Gasteiger partial charge in [-0.05, 0) is 54.0 Å². The lowest BCUT2D eigenvalue weighted by atomic mass is 9.84. The normalized spacial score (nSPS) is 19.1. The van der Waals surface area contributed by atoms with Crippen LogP contribution in [-0.4, -0.2) is 47.2 Å². The Kier molecular flexibility index (Phi) is 6.46. The molecule has 3 heterocycles. The average Bonchev–Trinajstić information content (AvgIpc) is 3.38. The molecule has 1 aliphatic heterocycles. The van der Waals surface area contributed by atoms with Crippen LogP contribution in [0.1, 0.15) is 45.2 Å². The van der Waals surface area contributed by atoms with Crippen LogP contribution in [0.3, 0.4) is 0 Å². The van der Waals surface area contributed by atoms with Crippen molar-refractivity contribution in [1.29, 1.82) is 0 Å². The number of hydrogen-bond donors (Lipinski definition) is 1. The van der Waals surface area contributed by atoms with Crippen LogP contribution < -0.4 is 10.1 Å². The van der Waals surface area contributed by atoms with Crippen LogP contribution in [0.25, 0.3) is 22.5 Å². The first kappa shape index (κ1) is 24.3. The van der Waals surface area contributed by atoms with Crippen LogP contribution in [0.4, 0.5) is 19.2 Å². The maximum Gasteiger partial charge on any atom is 0.422 e. The number of fused-ring (bicyclic) bond motifs is 1. The molecule has 2 atom stereocenters. The van der Waals surface area contributed by atoms with Gasteiger partial charge in [-0.25, -0.2) is 4.98 Å². The average molecular weight is 479 g/mol. The van der Waals surface area contributed by atoms with Gasteiger partial charge in [-0.15, -0.1) is 5.10 Å². The Hall–Kier alpha value is -2.88. The molecule has 10 heteroatoms. The number of ether oxygens (including phenoxy) is 2. The lowest BCUT2D eigenvalue weighted by molar-refractivity contribution is -0.153. The predicted octanol–water partition coefficient (Wildman–Crippen LogP) is 5.67. The molecule has 0 spiro atoms. The molecule has 34 heavy (non-hydrogen) atoms. The number of alkyl halides is 3. The molecule has 3 aromatic rings. The third kappa shape index (κ3) is 5.43. The minimum atomic E-state index is -4.42. The second-order valence-corrected chi connectivity index (χ2v) is 9.81. The van der Waals surface area contributed by atoms with Gasteiger partial charge in [0.2, 0.25) is 0 Å². The van der Waals surface area contributed by atoms with Crippen LogP contribution in [0.2, 0.25) is 0 Å². The van der Waals surface area contributed by atoms with Crippen molar-refractivity contribution >= 4 is 16.9 Å². The van der Waals surface area contributed by atoms with E-state index >= 15 is 0 Å². The molecule has 0 amide bonds. The van der Waals surface area contributed by atoms with E-state index in [0.29, 0.717) is 29.1 Å². The molecule has 0 aliphatic carbocycles. The molecule has 7 nitrogen and oxygen atoms in total. The molecule has 1 fully saturated rings. The van der Waals surface area contributed by atoms with Gasteiger partial charge in [0.25, 0.3) is 5.89 Å². The SMILES string of the molecule is Cc1cc(-c2nnc(NCC3OCCC3C)o2)nc2c(C(C)(C)C)cc(OCC(F)(F)F)cc12. The number of benzene rings is 1. The van der Waals surface area contributed by atoms with Crippen LogP contribution in [0.15, 0.2) is 22.6 Å². The van der Waals surface area contributed by atoms with E-state index in [-0.39, 0.29) is 23.8 Å². The fraction of sp³-hybridized carbons (Fsp3) is 0.542. The number of nitrogens with one attached hydrogen (secondary N) is 1. The Morgan fingerprint density at radius 3 is 2.56 bits per heavy atom. The summed E-state index contributed by atoms with van der Waals surface area (Å²) < 4.78 is 54.6. The second-order valence-electron chi connectivity index (χ2n) is 9.81. The number of hydrogen-bond acceptors (Lipinski definition) is 7. The molecular formula is C24H29F3N4O3. The van der Waals surface area contributed by atoms with Gasteiger partial charge >= 0.3 is 12.2 Å². The van der Waals surface area contributed by atoms with Crippen LogP contribution in [0.5, 0.6) is 5.75 Å². The molecule has 0 bridgehead atoms. The quantitative estimate of drug-likeness (QED) is 0.489. The summed E-state index contributed by atoms with van der Waals surface area (Å²) in [5.74, 6) is 0.866. The van der Waals surface area contributed by atoms with Gasteiger partial charge in [-0.1, -0.05) is 32.8 Å². The number of pyridine rings is 1. The second kappa shape index (κ2) is 9.05. The van der Waals surface area contributed by atoms with Crippen molar-refractivity contribution in [2.24, 2.45) is 5.92 Å². The lowest BCUT2D eigenvalue weighted by Crippen LogP contribution is -2.23. The van der Waals surface area contributed by atoms with Gasteiger partial charge in [0, 0.05) is 18.5 Å². The highest BCUT2D eigenvalue weighted by Gasteiger charge is 2.29. The molecule has 1 aromatic carbocycles. The third-order valence-corrected chi connectivity index (χ3v) is 5.94. The fourth-order valence-electron chi connectivity index (χ4n) is 4.00. The largest absolute Gasteiger partial charge is 0.484 e. The molecule has 1 saturated heterocycles. The van der Waals surface area contributed by atoms with E-state index in [1.54, 1.807) is 18.2 Å². The molecule has 184 valence electrons. The smallest absolute Gasteiger partial charge is 0.422 e. The molecule has 2 aromatic heterocycles. The molecule has 0 radical (unpaired) electrons. The Morgan fingerprint density at radius 1 is 1.15 bits per heavy atom. The Bertz CT molecular complexity index is 1170. The van der Waals surface area contributed by atoms with Crippen molar-refractivity contribution in [2.75, 3.05) is 25.1 Å². The van der Waals surface area contributed by atoms with E-state index in [1.165, 1.54) is 0 Å². The topological polar surface area (TPSA) is 82.3 Å². The number of nitrogens with zero attached hydrogens (tertiary/aromatic N) is 3. The van der Waals surface area contributed by atoms with Gasteiger partial charge in [-0.2, -0.15) is 13.2 Å². The predicted molar refractivity (Wildman–Crippen MR) is 122 cm³/mol. The molecule has 1 aliphatic rings. The summed E-state index contributed by atoms with van der Waals surface area (Å²) in [6, 6.07) is 5.27. The first-order valence-corrected chi connectivity index (χ1v) is 11.3. The monoisotopic (exact) mass is 478 g/mol. The van der Waals surface area contributed by atoms with E-state index in [0.717, 1.165) is 24.2 Å². The van der Waals surface area contributed by atoms with E-state index < -0.39 is 18.2 Å². The van der Waals surface area contributed by atoms with E-state index in [1.807, 2.05) is 27.7 Å². The summed E-state index contributed by atoms with van der Waals surface area (Å²) in [5, 5.41) is 12.0. The zero-order valence-corrected chi connectivity index (χ0v) is 19.9. The number of halogens is 3. The van der Waals surface area contributed by atoms with Gasteiger partial charge in [-0.3, -0.25) is 0 Å². The zero-order chi connectivity index (χ0) is 24.7. The van der Waals surface area contributed by atoms with Crippen molar-refractivity contribution < 1.29 is 27.1 Å².